The molecule has 0 atom stereocenters. The van der Waals surface area contributed by atoms with Crippen LogP contribution in [0.2, 0.25) is 0 Å². The minimum Gasteiger partial charge on any atom is -0.445 e. The molecule has 1 aliphatic carbocycles. The smallest absolute Gasteiger partial charge is 0.407 e. The van der Waals surface area contributed by atoms with Gasteiger partial charge in [-0.2, -0.15) is 0 Å². The van der Waals surface area contributed by atoms with E-state index in [9.17, 15) is 4.79 Å². The van der Waals surface area contributed by atoms with Gasteiger partial charge >= 0.3 is 6.09 Å². The summed E-state index contributed by atoms with van der Waals surface area (Å²) in [7, 11) is 0. The number of hydrogen-bond donors (Lipinski definition) is 1. The van der Waals surface area contributed by atoms with Gasteiger partial charge in [-0.05, 0) is 44.4 Å². The van der Waals surface area contributed by atoms with Crippen molar-refractivity contribution in [3.8, 4) is 0 Å². The average Bonchev–Trinajstić information content (AvgIpc) is 2.78. The summed E-state index contributed by atoms with van der Waals surface area (Å²) in [5.74, 6) is 0. The highest BCUT2D eigenvalue weighted by atomic mass is 16.5. The Morgan fingerprint density at radius 3 is 2.56 bits per heavy atom. The molecule has 0 saturated heterocycles. The van der Waals surface area contributed by atoms with Crippen molar-refractivity contribution < 1.29 is 9.53 Å². The zero-order chi connectivity index (χ0) is 13.0. The van der Waals surface area contributed by atoms with Gasteiger partial charge in [0, 0.05) is 17.4 Å². The summed E-state index contributed by atoms with van der Waals surface area (Å²) in [6.07, 6.45) is 4.24. The number of ether oxygens (including phenoxy) is 1. The molecule has 1 fully saturated rings. The molecule has 1 amide bonds. The van der Waals surface area contributed by atoms with E-state index in [2.05, 4.69) is 10.3 Å². The Balaban J connectivity index is 1.81. The molecule has 1 saturated carbocycles. The van der Waals surface area contributed by atoms with Crippen LogP contribution in [0.4, 0.5) is 4.79 Å². The highest BCUT2D eigenvalue weighted by Gasteiger charge is 2.17. The molecule has 4 heteroatoms. The van der Waals surface area contributed by atoms with Crippen molar-refractivity contribution in [1.29, 1.82) is 0 Å². The van der Waals surface area contributed by atoms with Gasteiger partial charge < -0.3 is 10.1 Å². The van der Waals surface area contributed by atoms with Crippen LogP contribution >= 0.6 is 0 Å². The molecule has 4 nitrogen and oxygen atoms in total. The lowest BCUT2D eigenvalue weighted by atomic mass is 10.2. The molecule has 2 rings (SSSR count). The molecule has 1 aromatic heterocycles. The standard InChI is InChI=1S/C14H20N2O2/c1-10-7-12(8-11(2)15-10)9-18-14(17)16-13-5-3-4-6-13/h7-8,13H,3-6,9H2,1-2H3,(H,16,17). The van der Waals surface area contributed by atoms with E-state index in [0.717, 1.165) is 29.8 Å². The maximum atomic E-state index is 11.6. The number of nitrogens with one attached hydrogen (secondary N) is 1. The first kappa shape index (κ1) is 12.9. The lowest BCUT2D eigenvalue weighted by Gasteiger charge is -2.12. The molecular weight excluding hydrogens is 228 g/mol. The number of aromatic nitrogens is 1. The molecule has 0 unspecified atom stereocenters. The van der Waals surface area contributed by atoms with Crippen molar-refractivity contribution in [2.24, 2.45) is 0 Å². The summed E-state index contributed by atoms with van der Waals surface area (Å²) >= 11 is 0. The molecule has 1 aromatic rings. The maximum Gasteiger partial charge on any atom is 0.407 e. The first-order valence-corrected chi connectivity index (χ1v) is 6.51. The number of amides is 1. The Morgan fingerprint density at radius 1 is 1.33 bits per heavy atom. The second kappa shape index (κ2) is 5.85. The maximum absolute atomic E-state index is 11.6. The largest absolute Gasteiger partial charge is 0.445 e. The minimum atomic E-state index is -0.311. The predicted octanol–water partition coefficient (Wildman–Crippen LogP) is 2.87. The van der Waals surface area contributed by atoms with Gasteiger partial charge in [0.05, 0.1) is 0 Å². The quantitative estimate of drug-likeness (QED) is 0.894. The van der Waals surface area contributed by atoms with E-state index >= 15 is 0 Å². The molecular formula is C14H20N2O2. The van der Waals surface area contributed by atoms with Crippen LogP contribution in [0.3, 0.4) is 0 Å². The van der Waals surface area contributed by atoms with Crippen LogP contribution < -0.4 is 5.32 Å². The van der Waals surface area contributed by atoms with Crippen molar-refractivity contribution in [1.82, 2.24) is 10.3 Å². The fraction of sp³-hybridized carbons (Fsp3) is 0.571. The molecule has 0 aliphatic heterocycles. The van der Waals surface area contributed by atoms with Crippen LogP contribution in [0.15, 0.2) is 12.1 Å². The van der Waals surface area contributed by atoms with E-state index in [0.29, 0.717) is 12.6 Å². The third kappa shape index (κ3) is 3.72. The fourth-order valence-corrected chi connectivity index (χ4v) is 2.43. The van der Waals surface area contributed by atoms with Crippen LogP contribution in [0.5, 0.6) is 0 Å². The van der Waals surface area contributed by atoms with Crippen LogP contribution in [-0.4, -0.2) is 17.1 Å². The number of rotatable bonds is 3. The lowest BCUT2D eigenvalue weighted by Crippen LogP contribution is -2.32. The van der Waals surface area contributed by atoms with Gasteiger partial charge in [-0.3, -0.25) is 4.98 Å². The van der Waals surface area contributed by atoms with Crippen molar-refractivity contribution in [2.45, 2.75) is 52.2 Å². The Hall–Kier alpha value is -1.58. The molecule has 1 N–H and O–H groups in total. The predicted molar refractivity (Wildman–Crippen MR) is 69.3 cm³/mol. The number of carbonyl (C=O) groups is 1. The highest BCUT2D eigenvalue weighted by Crippen LogP contribution is 2.17. The fourth-order valence-electron chi connectivity index (χ4n) is 2.43. The summed E-state index contributed by atoms with van der Waals surface area (Å²) in [6.45, 7) is 4.19. The number of alkyl carbamates (subject to hydrolysis) is 1. The summed E-state index contributed by atoms with van der Waals surface area (Å²) in [4.78, 5) is 15.9. The van der Waals surface area contributed by atoms with Crippen molar-refractivity contribution in [3.63, 3.8) is 0 Å². The van der Waals surface area contributed by atoms with Gasteiger partial charge in [0.15, 0.2) is 0 Å². The molecule has 0 spiro atoms. The second-order valence-electron chi connectivity index (χ2n) is 4.96. The van der Waals surface area contributed by atoms with Gasteiger partial charge in [-0.25, -0.2) is 4.79 Å². The van der Waals surface area contributed by atoms with Crippen molar-refractivity contribution in [3.05, 3.63) is 29.1 Å². The molecule has 0 bridgehead atoms. The summed E-state index contributed by atoms with van der Waals surface area (Å²) in [5.41, 5.74) is 2.89. The van der Waals surface area contributed by atoms with Crippen LogP contribution in [0, 0.1) is 13.8 Å². The van der Waals surface area contributed by atoms with E-state index in [-0.39, 0.29) is 6.09 Å². The molecule has 0 aromatic carbocycles. The van der Waals surface area contributed by atoms with Crippen molar-refractivity contribution in [2.75, 3.05) is 0 Å². The topological polar surface area (TPSA) is 51.2 Å². The van der Waals surface area contributed by atoms with Gasteiger partial charge in [-0.1, -0.05) is 12.8 Å². The van der Waals surface area contributed by atoms with E-state index < -0.39 is 0 Å². The summed E-state index contributed by atoms with van der Waals surface area (Å²) < 4.78 is 5.22. The first-order valence-electron chi connectivity index (χ1n) is 6.51. The Kier molecular flexibility index (Phi) is 4.18. The Labute approximate surface area is 108 Å². The number of nitrogens with zero attached hydrogens (tertiary/aromatic N) is 1. The number of aryl methyl sites for hydroxylation is 2. The van der Waals surface area contributed by atoms with E-state index in [4.69, 9.17) is 4.74 Å². The van der Waals surface area contributed by atoms with Crippen LogP contribution in [-0.2, 0) is 11.3 Å². The van der Waals surface area contributed by atoms with Gasteiger partial charge in [-0.15, -0.1) is 0 Å². The molecule has 1 heterocycles. The normalized spacial score (nSPS) is 15.7. The number of hydrogen-bond acceptors (Lipinski definition) is 3. The van der Waals surface area contributed by atoms with Crippen molar-refractivity contribution >= 4 is 6.09 Å². The van der Waals surface area contributed by atoms with E-state index in [1.54, 1.807) is 0 Å². The van der Waals surface area contributed by atoms with Crippen LogP contribution in [0.1, 0.15) is 42.6 Å². The first-order chi connectivity index (χ1) is 8.63. The average molecular weight is 248 g/mol. The Morgan fingerprint density at radius 2 is 1.94 bits per heavy atom. The number of carbonyl (C=O) groups excluding carboxylic acids is 1. The summed E-state index contributed by atoms with van der Waals surface area (Å²) in [5, 5.41) is 2.90. The third-order valence-corrected chi connectivity index (χ3v) is 3.19. The molecule has 98 valence electrons. The monoisotopic (exact) mass is 248 g/mol. The lowest BCUT2D eigenvalue weighted by molar-refractivity contribution is 0.135. The summed E-state index contributed by atoms with van der Waals surface area (Å²) in [6, 6.07) is 4.18. The minimum absolute atomic E-state index is 0.304. The SMILES string of the molecule is Cc1cc(COC(=O)NC2CCCC2)cc(C)n1. The number of pyridine rings is 1. The van der Waals surface area contributed by atoms with Gasteiger partial charge in [0.2, 0.25) is 0 Å². The second-order valence-corrected chi connectivity index (χ2v) is 4.96. The Bertz CT molecular complexity index is 406. The molecule has 0 radical (unpaired) electrons. The van der Waals surface area contributed by atoms with E-state index in [1.807, 2.05) is 26.0 Å². The molecule has 18 heavy (non-hydrogen) atoms. The van der Waals surface area contributed by atoms with E-state index in [1.165, 1.54) is 12.8 Å². The van der Waals surface area contributed by atoms with Gasteiger partial charge in [0.1, 0.15) is 6.61 Å². The zero-order valence-electron chi connectivity index (χ0n) is 11.0. The van der Waals surface area contributed by atoms with Crippen LogP contribution in [0.25, 0.3) is 0 Å². The zero-order valence-corrected chi connectivity index (χ0v) is 11.0. The van der Waals surface area contributed by atoms with Gasteiger partial charge in [0.25, 0.3) is 0 Å². The molecule has 1 aliphatic rings. The third-order valence-electron chi connectivity index (χ3n) is 3.19. The highest BCUT2D eigenvalue weighted by molar-refractivity contribution is 5.67.